The molecule has 0 atom stereocenters. The Morgan fingerprint density at radius 2 is 1.73 bits per heavy atom. The summed E-state index contributed by atoms with van der Waals surface area (Å²) in [5.74, 6) is -0.0300. The van der Waals surface area contributed by atoms with Crippen LogP contribution in [-0.2, 0) is 5.41 Å². The monoisotopic (exact) mass is 407 g/mol. The molecule has 1 aromatic carbocycles. The molecule has 0 aliphatic heterocycles. The molecule has 4 aromatic rings. The van der Waals surface area contributed by atoms with Crippen LogP contribution in [-0.4, -0.2) is 35.3 Å². The van der Waals surface area contributed by atoms with Crippen molar-refractivity contribution >= 4 is 17.5 Å². The van der Waals surface area contributed by atoms with Gasteiger partial charge in [-0.05, 0) is 44.2 Å². The molecule has 1 N–H and O–H groups in total. The second-order valence-corrected chi connectivity index (χ2v) is 8.19. The zero-order valence-corrected chi connectivity index (χ0v) is 17.4. The number of rotatable bonds is 3. The van der Waals surface area contributed by atoms with E-state index in [-0.39, 0.29) is 17.1 Å². The number of amides is 1. The van der Waals surface area contributed by atoms with Crippen LogP contribution in [0.15, 0.2) is 36.4 Å². The van der Waals surface area contributed by atoms with Crippen LogP contribution >= 0.6 is 0 Å². The molecular weight excluding hydrogens is 385 g/mol. The second kappa shape index (κ2) is 7.01. The van der Waals surface area contributed by atoms with Gasteiger partial charge in [0.25, 0.3) is 11.7 Å². The summed E-state index contributed by atoms with van der Waals surface area (Å²) in [4.78, 5) is 21.5. The van der Waals surface area contributed by atoms with Crippen molar-refractivity contribution in [2.75, 3.05) is 5.32 Å². The number of halogens is 1. The molecule has 0 radical (unpaired) electrons. The van der Waals surface area contributed by atoms with Gasteiger partial charge < -0.3 is 5.32 Å². The molecule has 30 heavy (non-hydrogen) atoms. The van der Waals surface area contributed by atoms with Crippen molar-refractivity contribution in [2.24, 2.45) is 0 Å². The predicted octanol–water partition coefficient (Wildman–Crippen LogP) is 3.62. The fourth-order valence-electron chi connectivity index (χ4n) is 3.05. The Labute approximate surface area is 172 Å². The summed E-state index contributed by atoms with van der Waals surface area (Å²) in [5.41, 5.74) is 2.78. The number of aromatic nitrogens is 6. The van der Waals surface area contributed by atoms with Gasteiger partial charge in [0.05, 0.1) is 11.4 Å². The molecule has 9 heteroatoms. The number of fused-ring (bicyclic) bond motifs is 1. The van der Waals surface area contributed by atoms with E-state index in [0.717, 1.165) is 17.1 Å². The first-order valence-corrected chi connectivity index (χ1v) is 9.51. The minimum absolute atomic E-state index is 0.000338. The Hall–Kier alpha value is -3.62. The Morgan fingerprint density at radius 3 is 2.40 bits per heavy atom. The minimum atomic E-state index is -0.485. The van der Waals surface area contributed by atoms with E-state index in [9.17, 15) is 9.18 Å². The van der Waals surface area contributed by atoms with E-state index in [2.05, 4.69) is 25.5 Å². The highest BCUT2D eigenvalue weighted by atomic mass is 19.1. The molecule has 0 bridgehead atoms. The van der Waals surface area contributed by atoms with Crippen molar-refractivity contribution in [3.8, 4) is 5.69 Å². The summed E-state index contributed by atoms with van der Waals surface area (Å²) in [7, 11) is 0. The molecule has 0 spiro atoms. The molecule has 0 saturated carbocycles. The van der Waals surface area contributed by atoms with Gasteiger partial charge in [0.15, 0.2) is 0 Å². The predicted molar refractivity (Wildman–Crippen MR) is 110 cm³/mol. The van der Waals surface area contributed by atoms with Gasteiger partial charge >= 0.3 is 0 Å². The van der Waals surface area contributed by atoms with Crippen LogP contribution in [0.3, 0.4) is 0 Å². The standard InChI is InChI=1S/C21H22FN7O/c1-12-10-13(2)28-20(23-12)25-18(27-28)19(30)24-17-11-16(21(3,4)5)26-29(17)15-8-6-14(22)7-9-15/h6-11H,1-5H3,(H,24,30). The van der Waals surface area contributed by atoms with Crippen molar-refractivity contribution in [1.82, 2.24) is 29.4 Å². The average molecular weight is 407 g/mol. The summed E-state index contributed by atoms with van der Waals surface area (Å²) >= 11 is 0. The lowest BCUT2D eigenvalue weighted by molar-refractivity contribution is 0.101. The Balaban J connectivity index is 1.73. The van der Waals surface area contributed by atoms with Gasteiger partial charge in [-0.15, -0.1) is 5.10 Å². The highest BCUT2D eigenvalue weighted by Gasteiger charge is 2.23. The van der Waals surface area contributed by atoms with E-state index in [0.29, 0.717) is 17.3 Å². The Bertz CT molecular complexity index is 1250. The third-order valence-corrected chi connectivity index (χ3v) is 4.61. The molecule has 4 rings (SSSR count). The second-order valence-electron chi connectivity index (χ2n) is 8.19. The van der Waals surface area contributed by atoms with Gasteiger partial charge in [-0.3, -0.25) is 4.79 Å². The van der Waals surface area contributed by atoms with Gasteiger partial charge in [-0.25, -0.2) is 18.6 Å². The van der Waals surface area contributed by atoms with Crippen LogP contribution in [0, 0.1) is 19.7 Å². The number of aryl methyl sites for hydroxylation is 2. The number of hydrogen-bond acceptors (Lipinski definition) is 5. The number of benzene rings is 1. The number of carbonyl (C=O) groups excluding carboxylic acids is 1. The third-order valence-electron chi connectivity index (χ3n) is 4.61. The van der Waals surface area contributed by atoms with E-state index in [1.165, 1.54) is 16.6 Å². The fourth-order valence-corrected chi connectivity index (χ4v) is 3.05. The summed E-state index contributed by atoms with van der Waals surface area (Å²) < 4.78 is 16.5. The molecule has 154 valence electrons. The first-order valence-electron chi connectivity index (χ1n) is 9.51. The van der Waals surface area contributed by atoms with Crippen LogP contribution in [0.5, 0.6) is 0 Å². The molecule has 1 amide bonds. The highest BCUT2D eigenvalue weighted by molar-refractivity contribution is 6.01. The molecule has 0 aliphatic carbocycles. The van der Waals surface area contributed by atoms with E-state index >= 15 is 0 Å². The van der Waals surface area contributed by atoms with E-state index in [1.807, 2.05) is 40.7 Å². The number of hydrogen-bond donors (Lipinski definition) is 1. The van der Waals surface area contributed by atoms with Gasteiger partial charge in [0.2, 0.25) is 5.82 Å². The van der Waals surface area contributed by atoms with Crippen molar-refractivity contribution in [3.05, 3.63) is 65.1 Å². The maximum absolute atomic E-state index is 13.4. The summed E-state index contributed by atoms with van der Waals surface area (Å²) in [6, 6.07) is 9.56. The quantitative estimate of drug-likeness (QED) is 0.560. The maximum atomic E-state index is 13.4. The molecule has 0 fully saturated rings. The fraction of sp³-hybridized carbons (Fsp3) is 0.286. The van der Waals surface area contributed by atoms with E-state index in [1.54, 1.807) is 22.9 Å². The molecule has 8 nitrogen and oxygen atoms in total. The molecule has 0 aliphatic rings. The number of nitrogens with one attached hydrogen (secondary N) is 1. The number of carbonyl (C=O) groups is 1. The molecule has 3 aromatic heterocycles. The first kappa shape index (κ1) is 19.7. The minimum Gasteiger partial charge on any atom is -0.304 e. The average Bonchev–Trinajstić information content (AvgIpc) is 3.27. The molecule has 0 saturated heterocycles. The summed E-state index contributed by atoms with van der Waals surface area (Å²) in [6.07, 6.45) is 0. The van der Waals surface area contributed by atoms with Crippen LogP contribution in [0.1, 0.15) is 48.5 Å². The Kier molecular flexibility index (Phi) is 4.60. The molecule has 0 unspecified atom stereocenters. The van der Waals surface area contributed by atoms with E-state index in [4.69, 9.17) is 0 Å². The maximum Gasteiger partial charge on any atom is 0.296 e. The van der Waals surface area contributed by atoms with Crippen molar-refractivity contribution < 1.29 is 9.18 Å². The largest absolute Gasteiger partial charge is 0.304 e. The normalized spacial score (nSPS) is 11.8. The Morgan fingerprint density at radius 1 is 1.03 bits per heavy atom. The highest BCUT2D eigenvalue weighted by Crippen LogP contribution is 2.26. The SMILES string of the molecule is Cc1cc(C)n2nc(C(=O)Nc3cc(C(C)(C)C)nn3-c3ccc(F)cc3)nc2n1. The van der Waals surface area contributed by atoms with Gasteiger partial charge in [-0.1, -0.05) is 20.8 Å². The lowest BCUT2D eigenvalue weighted by Gasteiger charge is -2.14. The topological polar surface area (TPSA) is 90.0 Å². The van der Waals surface area contributed by atoms with Crippen molar-refractivity contribution in [1.29, 1.82) is 0 Å². The third kappa shape index (κ3) is 3.66. The lowest BCUT2D eigenvalue weighted by Crippen LogP contribution is -2.17. The van der Waals surface area contributed by atoms with Crippen LogP contribution in [0.4, 0.5) is 10.2 Å². The summed E-state index contributed by atoms with van der Waals surface area (Å²) in [6.45, 7) is 9.80. The first-order chi connectivity index (χ1) is 14.1. The van der Waals surface area contributed by atoms with Crippen LogP contribution in [0.25, 0.3) is 11.5 Å². The zero-order chi connectivity index (χ0) is 21.6. The van der Waals surface area contributed by atoms with Crippen molar-refractivity contribution in [3.63, 3.8) is 0 Å². The van der Waals surface area contributed by atoms with Crippen LogP contribution < -0.4 is 5.32 Å². The number of nitrogens with zero attached hydrogens (tertiary/aromatic N) is 6. The van der Waals surface area contributed by atoms with Gasteiger partial charge in [0, 0.05) is 22.9 Å². The lowest BCUT2D eigenvalue weighted by atomic mass is 9.92. The van der Waals surface area contributed by atoms with Crippen molar-refractivity contribution in [2.45, 2.75) is 40.0 Å². The zero-order valence-electron chi connectivity index (χ0n) is 17.4. The summed E-state index contributed by atoms with van der Waals surface area (Å²) in [5, 5.41) is 11.7. The van der Waals surface area contributed by atoms with Gasteiger partial charge in [-0.2, -0.15) is 10.1 Å². The smallest absolute Gasteiger partial charge is 0.296 e. The van der Waals surface area contributed by atoms with Crippen LogP contribution in [0.2, 0.25) is 0 Å². The molecule has 3 heterocycles. The number of anilines is 1. The van der Waals surface area contributed by atoms with Gasteiger partial charge in [0.1, 0.15) is 11.6 Å². The van der Waals surface area contributed by atoms with E-state index < -0.39 is 5.91 Å². The molecular formula is C21H22FN7O.